The summed E-state index contributed by atoms with van der Waals surface area (Å²) >= 11 is 0. The molecule has 2 N–H and O–H groups in total. The number of methoxy groups -OCH3 is 1. The number of aliphatic hydroxyl groups excluding tert-OH is 1. The Morgan fingerprint density at radius 2 is 1.84 bits per heavy atom. The molecule has 0 amide bonds. The van der Waals surface area contributed by atoms with E-state index in [2.05, 4.69) is 10.1 Å². The van der Waals surface area contributed by atoms with Gasteiger partial charge in [0, 0.05) is 13.1 Å². The fourth-order valence-electron chi connectivity index (χ4n) is 2.17. The molecular formula is C18H21F2NO4. The zero-order valence-corrected chi connectivity index (χ0v) is 13.8. The smallest absolute Gasteiger partial charge is 0.387 e. The summed E-state index contributed by atoms with van der Waals surface area (Å²) in [6.45, 7) is -1.97. The first-order valence-electron chi connectivity index (χ1n) is 7.77. The summed E-state index contributed by atoms with van der Waals surface area (Å²) in [6, 6.07) is 13.9. The maximum Gasteiger partial charge on any atom is 0.387 e. The van der Waals surface area contributed by atoms with Crippen molar-refractivity contribution in [2.75, 3.05) is 20.3 Å². The highest BCUT2D eigenvalue weighted by Gasteiger charge is 2.11. The summed E-state index contributed by atoms with van der Waals surface area (Å²) in [4.78, 5) is 0. The molecule has 7 heteroatoms. The van der Waals surface area contributed by atoms with E-state index in [1.807, 2.05) is 30.3 Å². The van der Waals surface area contributed by atoms with Crippen LogP contribution in [-0.2, 0) is 6.54 Å². The summed E-state index contributed by atoms with van der Waals surface area (Å²) in [5.74, 6) is 0.908. The number of para-hydroxylation sites is 1. The Morgan fingerprint density at radius 3 is 2.52 bits per heavy atom. The number of nitrogens with one attached hydrogen (secondary N) is 1. The van der Waals surface area contributed by atoms with Gasteiger partial charge in [0.25, 0.3) is 0 Å². The van der Waals surface area contributed by atoms with Gasteiger partial charge in [0.15, 0.2) is 11.5 Å². The van der Waals surface area contributed by atoms with Gasteiger partial charge < -0.3 is 24.6 Å². The highest BCUT2D eigenvalue weighted by Crippen LogP contribution is 2.29. The number of aliphatic hydroxyl groups is 1. The summed E-state index contributed by atoms with van der Waals surface area (Å²) < 4.78 is 39.5. The molecule has 0 saturated carbocycles. The van der Waals surface area contributed by atoms with Crippen LogP contribution in [0, 0.1) is 0 Å². The second-order valence-corrected chi connectivity index (χ2v) is 5.27. The standard InChI is InChI=1S/C18H21F2NO4/c1-23-17-9-13(7-8-16(17)25-18(19)20)10-21-11-14(22)12-24-15-5-3-2-4-6-15/h2-9,14,18,21-22H,10-12H2,1H3. The van der Waals surface area contributed by atoms with Crippen molar-refractivity contribution in [1.82, 2.24) is 5.32 Å². The van der Waals surface area contributed by atoms with Gasteiger partial charge in [-0.15, -0.1) is 0 Å². The molecule has 0 bridgehead atoms. The number of benzene rings is 2. The van der Waals surface area contributed by atoms with E-state index in [9.17, 15) is 13.9 Å². The first-order chi connectivity index (χ1) is 12.1. The molecule has 2 aromatic carbocycles. The summed E-state index contributed by atoms with van der Waals surface area (Å²) in [5, 5.41) is 13.0. The lowest BCUT2D eigenvalue weighted by atomic mass is 10.2. The van der Waals surface area contributed by atoms with E-state index in [0.29, 0.717) is 18.8 Å². The largest absolute Gasteiger partial charge is 0.493 e. The number of alkyl halides is 2. The SMILES string of the molecule is COc1cc(CNCC(O)COc2ccccc2)ccc1OC(F)F. The molecule has 0 aliphatic carbocycles. The maximum absolute atomic E-state index is 12.3. The number of hydrogen-bond acceptors (Lipinski definition) is 5. The third kappa shape index (κ3) is 6.56. The zero-order chi connectivity index (χ0) is 18.1. The minimum absolute atomic E-state index is 0.0162. The van der Waals surface area contributed by atoms with E-state index in [0.717, 1.165) is 5.56 Å². The van der Waals surface area contributed by atoms with Crippen LogP contribution in [0.2, 0.25) is 0 Å². The Morgan fingerprint density at radius 1 is 1.08 bits per heavy atom. The van der Waals surface area contributed by atoms with Crippen molar-refractivity contribution in [3.05, 3.63) is 54.1 Å². The summed E-state index contributed by atoms with van der Waals surface area (Å²) in [5.41, 5.74) is 0.814. The molecule has 1 unspecified atom stereocenters. The molecule has 0 aliphatic rings. The monoisotopic (exact) mass is 353 g/mol. The van der Waals surface area contributed by atoms with Crippen LogP contribution in [0.1, 0.15) is 5.56 Å². The van der Waals surface area contributed by atoms with Crippen molar-refractivity contribution in [3.8, 4) is 17.2 Å². The first-order valence-corrected chi connectivity index (χ1v) is 7.77. The van der Waals surface area contributed by atoms with Crippen molar-refractivity contribution < 1.29 is 28.1 Å². The second kappa shape index (κ2) is 9.80. The molecule has 5 nitrogen and oxygen atoms in total. The third-order valence-electron chi connectivity index (χ3n) is 3.34. The van der Waals surface area contributed by atoms with E-state index in [-0.39, 0.29) is 18.1 Å². The van der Waals surface area contributed by atoms with E-state index in [1.54, 1.807) is 12.1 Å². The minimum Gasteiger partial charge on any atom is -0.493 e. The lowest BCUT2D eigenvalue weighted by Crippen LogP contribution is -2.31. The molecule has 0 heterocycles. The Bertz CT molecular complexity index is 640. The van der Waals surface area contributed by atoms with Crippen molar-refractivity contribution >= 4 is 0 Å². The zero-order valence-electron chi connectivity index (χ0n) is 13.8. The molecule has 2 rings (SSSR count). The van der Waals surface area contributed by atoms with Gasteiger partial charge in [-0.05, 0) is 29.8 Å². The fraction of sp³-hybridized carbons (Fsp3) is 0.333. The number of halogens is 2. The van der Waals surface area contributed by atoms with Crippen molar-refractivity contribution in [2.45, 2.75) is 19.3 Å². The van der Waals surface area contributed by atoms with Crippen LogP contribution in [0.25, 0.3) is 0 Å². The highest BCUT2D eigenvalue weighted by molar-refractivity contribution is 5.43. The van der Waals surface area contributed by atoms with Crippen LogP contribution in [0.4, 0.5) is 8.78 Å². The quantitative estimate of drug-likeness (QED) is 0.688. The van der Waals surface area contributed by atoms with Crippen molar-refractivity contribution in [3.63, 3.8) is 0 Å². The van der Waals surface area contributed by atoms with Gasteiger partial charge >= 0.3 is 6.61 Å². The predicted octanol–water partition coefficient (Wildman–Crippen LogP) is 2.83. The van der Waals surface area contributed by atoms with Gasteiger partial charge in [-0.2, -0.15) is 8.78 Å². The van der Waals surface area contributed by atoms with Gasteiger partial charge in [-0.3, -0.25) is 0 Å². The number of hydrogen-bond donors (Lipinski definition) is 2. The topological polar surface area (TPSA) is 60.0 Å². The Kier molecular flexibility index (Phi) is 7.43. The molecule has 136 valence electrons. The maximum atomic E-state index is 12.3. The second-order valence-electron chi connectivity index (χ2n) is 5.27. The van der Waals surface area contributed by atoms with E-state index in [4.69, 9.17) is 9.47 Å². The molecule has 0 saturated heterocycles. The highest BCUT2D eigenvalue weighted by atomic mass is 19.3. The van der Waals surface area contributed by atoms with Crippen LogP contribution in [0.3, 0.4) is 0 Å². The van der Waals surface area contributed by atoms with Gasteiger partial charge in [0.1, 0.15) is 18.5 Å². The van der Waals surface area contributed by atoms with Crippen molar-refractivity contribution in [2.24, 2.45) is 0 Å². The average Bonchev–Trinajstić information content (AvgIpc) is 2.61. The molecule has 0 aliphatic heterocycles. The lowest BCUT2D eigenvalue weighted by Gasteiger charge is -2.14. The summed E-state index contributed by atoms with van der Waals surface area (Å²) in [7, 11) is 1.38. The van der Waals surface area contributed by atoms with Gasteiger partial charge in [-0.25, -0.2) is 0 Å². The third-order valence-corrected chi connectivity index (χ3v) is 3.34. The van der Waals surface area contributed by atoms with Crippen molar-refractivity contribution in [1.29, 1.82) is 0 Å². The molecular weight excluding hydrogens is 332 g/mol. The van der Waals surface area contributed by atoms with E-state index < -0.39 is 12.7 Å². The van der Waals surface area contributed by atoms with Crippen LogP contribution in [0.5, 0.6) is 17.2 Å². The van der Waals surface area contributed by atoms with Gasteiger partial charge in [0.05, 0.1) is 7.11 Å². The number of ether oxygens (including phenoxy) is 3. The molecule has 0 radical (unpaired) electrons. The minimum atomic E-state index is -2.90. The van der Waals surface area contributed by atoms with Crippen LogP contribution in [-0.4, -0.2) is 38.1 Å². The summed E-state index contributed by atoms with van der Waals surface area (Å²) in [6.07, 6.45) is -0.677. The fourth-order valence-corrected chi connectivity index (χ4v) is 2.17. The van der Waals surface area contributed by atoms with Crippen LogP contribution >= 0.6 is 0 Å². The molecule has 25 heavy (non-hydrogen) atoms. The Balaban J connectivity index is 1.77. The van der Waals surface area contributed by atoms with E-state index in [1.165, 1.54) is 13.2 Å². The van der Waals surface area contributed by atoms with Gasteiger partial charge in [-0.1, -0.05) is 24.3 Å². The Labute approximate surface area is 145 Å². The molecule has 0 aromatic heterocycles. The lowest BCUT2D eigenvalue weighted by molar-refractivity contribution is -0.0512. The normalized spacial score (nSPS) is 12.0. The molecule has 1 atom stereocenters. The van der Waals surface area contributed by atoms with E-state index >= 15 is 0 Å². The van der Waals surface area contributed by atoms with Gasteiger partial charge in [0.2, 0.25) is 0 Å². The number of rotatable bonds is 10. The van der Waals surface area contributed by atoms with Crippen LogP contribution < -0.4 is 19.5 Å². The average molecular weight is 353 g/mol. The Hall–Kier alpha value is -2.38. The molecule has 0 spiro atoms. The molecule has 0 fully saturated rings. The van der Waals surface area contributed by atoms with Crippen LogP contribution in [0.15, 0.2) is 48.5 Å². The molecule has 2 aromatic rings. The predicted molar refractivity (Wildman–Crippen MR) is 89.3 cm³/mol. The first kappa shape index (κ1) is 19.0.